The molecule has 0 spiro atoms. The molecular formula is C20H20N2O7. The normalized spacial score (nSPS) is 10.3. The summed E-state index contributed by atoms with van der Waals surface area (Å²) in [5.74, 6) is -2.51. The topological polar surface area (TPSA) is 127 Å². The van der Waals surface area contributed by atoms with E-state index in [2.05, 4.69) is 0 Å². The number of nitrogens with zero attached hydrogens (tertiary/aromatic N) is 2. The Bertz CT molecular complexity index is 938. The molecule has 1 amide bonds. The number of benzene rings is 2. The van der Waals surface area contributed by atoms with Crippen LogP contribution in [0.3, 0.4) is 0 Å². The summed E-state index contributed by atoms with van der Waals surface area (Å²) in [7, 11) is 0. The van der Waals surface area contributed by atoms with Crippen molar-refractivity contribution in [2.45, 2.75) is 26.8 Å². The summed E-state index contributed by atoms with van der Waals surface area (Å²) < 4.78 is 5.22. The van der Waals surface area contributed by atoms with E-state index in [0.717, 1.165) is 5.56 Å². The first-order valence-corrected chi connectivity index (χ1v) is 8.77. The Balaban J connectivity index is 2.13. The van der Waals surface area contributed by atoms with Gasteiger partial charge in [-0.1, -0.05) is 25.1 Å². The van der Waals surface area contributed by atoms with Gasteiger partial charge in [0.15, 0.2) is 0 Å². The van der Waals surface area contributed by atoms with Crippen LogP contribution in [0.1, 0.15) is 35.3 Å². The number of rotatable bonds is 8. The van der Waals surface area contributed by atoms with Crippen LogP contribution >= 0.6 is 0 Å². The van der Waals surface area contributed by atoms with Crippen molar-refractivity contribution >= 4 is 23.5 Å². The number of ether oxygens (including phenoxy) is 1. The SMILES string of the molecule is CCc1ccc(C(=O)O)c(OC(=O)CN(Cc2ccc([N+](=O)[O-])cc2)C(C)=O)c1. The first-order valence-electron chi connectivity index (χ1n) is 8.77. The highest BCUT2D eigenvalue weighted by atomic mass is 16.6. The quantitative estimate of drug-likeness (QED) is 0.312. The molecule has 1 N–H and O–H groups in total. The Kier molecular flexibility index (Phi) is 7.02. The highest BCUT2D eigenvalue weighted by Crippen LogP contribution is 2.22. The smallest absolute Gasteiger partial charge is 0.339 e. The van der Waals surface area contributed by atoms with Gasteiger partial charge in [-0.3, -0.25) is 14.9 Å². The Hall–Kier alpha value is -3.75. The number of carbonyl (C=O) groups excluding carboxylic acids is 2. The summed E-state index contributed by atoms with van der Waals surface area (Å²) in [6, 6.07) is 10.1. The number of carboxylic acid groups (broad SMARTS) is 1. The van der Waals surface area contributed by atoms with Crippen LogP contribution in [0.2, 0.25) is 0 Å². The van der Waals surface area contributed by atoms with Gasteiger partial charge < -0.3 is 14.7 Å². The maximum atomic E-state index is 12.3. The van der Waals surface area contributed by atoms with Crippen molar-refractivity contribution in [1.29, 1.82) is 0 Å². The predicted octanol–water partition coefficient (Wildman–Crippen LogP) is 2.81. The maximum Gasteiger partial charge on any atom is 0.339 e. The molecule has 0 saturated carbocycles. The van der Waals surface area contributed by atoms with Crippen molar-refractivity contribution in [3.05, 3.63) is 69.3 Å². The molecule has 0 aliphatic heterocycles. The molecule has 0 fully saturated rings. The Morgan fingerprint density at radius 1 is 1.10 bits per heavy atom. The van der Waals surface area contributed by atoms with Crippen LogP contribution in [-0.4, -0.2) is 39.3 Å². The molecule has 0 saturated heterocycles. The molecule has 0 atom stereocenters. The minimum absolute atomic E-state index is 0.0449. The molecule has 0 aromatic heterocycles. The molecule has 0 aliphatic carbocycles. The Morgan fingerprint density at radius 3 is 2.24 bits per heavy atom. The van der Waals surface area contributed by atoms with E-state index in [1.807, 2.05) is 6.92 Å². The van der Waals surface area contributed by atoms with E-state index in [1.54, 1.807) is 6.07 Å². The maximum absolute atomic E-state index is 12.3. The number of nitro benzene ring substituents is 1. The monoisotopic (exact) mass is 400 g/mol. The van der Waals surface area contributed by atoms with Crippen LogP contribution in [-0.2, 0) is 22.6 Å². The van der Waals surface area contributed by atoms with Crippen LogP contribution in [0.4, 0.5) is 5.69 Å². The molecule has 0 unspecified atom stereocenters. The van der Waals surface area contributed by atoms with Gasteiger partial charge in [0.25, 0.3) is 5.69 Å². The van der Waals surface area contributed by atoms with Gasteiger partial charge in [0, 0.05) is 25.6 Å². The number of aromatic carboxylic acids is 1. The van der Waals surface area contributed by atoms with Gasteiger partial charge >= 0.3 is 11.9 Å². The summed E-state index contributed by atoms with van der Waals surface area (Å²) in [6.45, 7) is 2.80. The fourth-order valence-electron chi connectivity index (χ4n) is 2.58. The molecule has 9 nitrogen and oxygen atoms in total. The number of amides is 1. The summed E-state index contributed by atoms with van der Waals surface area (Å²) in [6.07, 6.45) is 0.629. The summed E-state index contributed by atoms with van der Waals surface area (Å²) in [5.41, 5.74) is 1.16. The number of hydrogen-bond donors (Lipinski definition) is 1. The molecule has 9 heteroatoms. The molecule has 0 heterocycles. The number of non-ortho nitro benzene ring substituents is 1. The van der Waals surface area contributed by atoms with Crippen LogP contribution < -0.4 is 4.74 Å². The van der Waals surface area contributed by atoms with E-state index in [-0.39, 0.29) is 23.5 Å². The van der Waals surface area contributed by atoms with Crippen molar-refractivity contribution in [1.82, 2.24) is 4.90 Å². The Morgan fingerprint density at radius 2 is 1.72 bits per heavy atom. The van der Waals surface area contributed by atoms with E-state index in [0.29, 0.717) is 12.0 Å². The fraction of sp³-hybridized carbons (Fsp3) is 0.250. The highest BCUT2D eigenvalue weighted by Gasteiger charge is 2.19. The third-order valence-corrected chi connectivity index (χ3v) is 4.19. The summed E-state index contributed by atoms with van der Waals surface area (Å²) >= 11 is 0. The fourth-order valence-corrected chi connectivity index (χ4v) is 2.58. The van der Waals surface area contributed by atoms with Crippen molar-refractivity contribution in [3.63, 3.8) is 0 Å². The first kappa shape index (κ1) is 21.5. The van der Waals surface area contributed by atoms with E-state index in [9.17, 15) is 29.6 Å². The number of hydrogen-bond acceptors (Lipinski definition) is 6. The average molecular weight is 400 g/mol. The van der Waals surface area contributed by atoms with Gasteiger partial charge in [-0.05, 0) is 29.7 Å². The highest BCUT2D eigenvalue weighted by molar-refractivity contribution is 5.92. The van der Waals surface area contributed by atoms with Crippen LogP contribution in [0.15, 0.2) is 42.5 Å². The average Bonchev–Trinajstić information content (AvgIpc) is 2.67. The lowest BCUT2D eigenvalue weighted by atomic mass is 10.1. The number of carboxylic acids is 1. The standard InChI is InChI=1S/C20H20N2O7/c1-3-14-6-9-17(20(25)26)18(10-14)29-19(24)12-21(13(2)23)11-15-4-7-16(8-5-15)22(27)28/h4-10H,3,11-12H2,1-2H3,(H,25,26). The zero-order chi connectivity index (χ0) is 21.6. The molecule has 2 rings (SSSR count). The molecule has 152 valence electrons. The minimum Gasteiger partial charge on any atom is -0.478 e. The lowest BCUT2D eigenvalue weighted by molar-refractivity contribution is -0.384. The van der Waals surface area contributed by atoms with Crippen molar-refractivity contribution in [2.75, 3.05) is 6.54 Å². The number of carbonyl (C=O) groups is 3. The van der Waals surface area contributed by atoms with Gasteiger partial charge in [0.05, 0.1) is 4.92 Å². The van der Waals surface area contributed by atoms with Crippen molar-refractivity contribution in [2.24, 2.45) is 0 Å². The van der Waals surface area contributed by atoms with Gasteiger partial charge in [-0.2, -0.15) is 0 Å². The van der Waals surface area contributed by atoms with Crippen molar-refractivity contribution in [3.8, 4) is 5.75 Å². The van der Waals surface area contributed by atoms with Crippen molar-refractivity contribution < 1.29 is 29.2 Å². The number of nitro groups is 1. The zero-order valence-corrected chi connectivity index (χ0v) is 16.0. The third kappa shape index (κ3) is 5.86. The number of esters is 1. The van der Waals surface area contributed by atoms with Gasteiger partial charge in [-0.25, -0.2) is 9.59 Å². The van der Waals surface area contributed by atoms with Crippen LogP contribution in [0.25, 0.3) is 0 Å². The minimum atomic E-state index is -1.23. The largest absolute Gasteiger partial charge is 0.478 e. The van der Waals surface area contributed by atoms with Gasteiger partial charge in [0.1, 0.15) is 17.9 Å². The molecule has 29 heavy (non-hydrogen) atoms. The molecule has 0 aliphatic rings. The van der Waals surface area contributed by atoms with E-state index < -0.39 is 29.3 Å². The predicted molar refractivity (Wildman–Crippen MR) is 103 cm³/mol. The lowest BCUT2D eigenvalue weighted by Crippen LogP contribution is -2.35. The zero-order valence-electron chi connectivity index (χ0n) is 16.0. The third-order valence-electron chi connectivity index (χ3n) is 4.19. The summed E-state index contributed by atoms with van der Waals surface area (Å²) in [4.78, 5) is 47.0. The second-order valence-electron chi connectivity index (χ2n) is 6.26. The van der Waals surface area contributed by atoms with Crippen LogP contribution in [0.5, 0.6) is 5.75 Å². The molecular weight excluding hydrogens is 380 g/mol. The van der Waals surface area contributed by atoms with E-state index in [1.165, 1.54) is 48.2 Å². The summed E-state index contributed by atoms with van der Waals surface area (Å²) in [5, 5.41) is 20.0. The van der Waals surface area contributed by atoms with E-state index >= 15 is 0 Å². The van der Waals surface area contributed by atoms with Gasteiger partial charge in [0.2, 0.25) is 5.91 Å². The van der Waals surface area contributed by atoms with Gasteiger partial charge in [-0.15, -0.1) is 0 Å². The van der Waals surface area contributed by atoms with Crippen LogP contribution in [0, 0.1) is 10.1 Å². The number of aryl methyl sites for hydroxylation is 1. The Labute approximate surface area is 166 Å². The molecule has 2 aromatic rings. The lowest BCUT2D eigenvalue weighted by Gasteiger charge is -2.20. The molecule has 0 radical (unpaired) electrons. The second-order valence-corrected chi connectivity index (χ2v) is 6.26. The second kappa shape index (κ2) is 9.45. The van der Waals surface area contributed by atoms with E-state index in [4.69, 9.17) is 4.74 Å². The molecule has 0 bridgehead atoms. The first-order chi connectivity index (χ1) is 13.7. The molecule has 2 aromatic carbocycles.